The minimum atomic E-state index is -4.41. The number of likely N-dealkylation sites (N-methyl/N-ethyl adjacent to an activating group) is 1. The summed E-state index contributed by atoms with van der Waals surface area (Å²) in [6.45, 7) is 4.31. The van der Waals surface area contributed by atoms with E-state index in [-0.39, 0.29) is 32.0 Å². The molecule has 1 N–H and O–H groups in total. The van der Waals surface area contributed by atoms with Crippen molar-refractivity contribution in [2.24, 2.45) is 0 Å². The summed E-state index contributed by atoms with van der Waals surface area (Å²) >= 11 is 0. The second-order valence-electron chi connectivity index (χ2n) is 26.7. The lowest BCUT2D eigenvalue weighted by atomic mass is 10.0. The molecule has 0 spiro atoms. The highest BCUT2D eigenvalue weighted by Crippen LogP contribution is 2.43. The van der Waals surface area contributed by atoms with Gasteiger partial charge in [0.2, 0.25) is 0 Å². The summed E-state index contributed by atoms with van der Waals surface area (Å²) < 4.78 is 34.7. The Morgan fingerprint density at radius 2 is 0.620 bits per heavy atom. The summed E-state index contributed by atoms with van der Waals surface area (Å²) in [5.74, 6) is -0.832. The zero-order chi connectivity index (χ0) is 66.9. The van der Waals surface area contributed by atoms with Gasteiger partial charge in [0.05, 0.1) is 27.7 Å². The highest BCUT2D eigenvalue weighted by Gasteiger charge is 2.27. The number of hydrogen-bond donors (Lipinski definition) is 1. The standard InChI is InChI=1S/C82H144NO8P/c1-6-8-10-12-14-16-18-20-22-24-26-28-30-32-34-36-38-39-40-41-42-43-45-46-48-50-52-54-56-58-60-62-64-66-68-70-72-74-81(84)88-78-80(79-90-92(86,87)89-77-76-83(3,4)5)91-82(85)75-73-71-69-67-65-63-61-59-57-55-53-51-49-47-44-37-35-33-31-29-27-25-23-21-19-17-15-13-11-9-7-2/h9,11,15,17,21,23-24,26-27,29,33,35,44,47,51,53,57,59,63,65,80H,6-8,10,12-14,16,18-20,22,25,28,30-32,34,36-43,45-46,48-50,52,54-56,58,60-62,64,66-79H2,1-5H3/p+1/b11-9-,17-15-,23-21-,26-24-,29-27-,35-33-,47-44-,53-51-,59-57-,65-63-. The molecule has 0 amide bonds. The van der Waals surface area contributed by atoms with E-state index in [0.29, 0.717) is 17.4 Å². The average molecular weight is 1300 g/mol. The number of rotatable bonds is 70. The van der Waals surface area contributed by atoms with Crippen LogP contribution >= 0.6 is 7.82 Å². The van der Waals surface area contributed by atoms with Gasteiger partial charge in [-0.05, 0) is 109 Å². The summed E-state index contributed by atoms with van der Waals surface area (Å²) in [4.78, 5) is 35.9. The van der Waals surface area contributed by atoms with E-state index in [1.165, 1.54) is 205 Å². The number of unbranched alkanes of at least 4 members (excludes halogenated alkanes) is 36. The molecule has 0 saturated heterocycles. The van der Waals surface area contributed by atoms with E-state index < -0.39 is 26.5 Å². The summed E-state index contributed by atoms with van der Waals surface area (Å²) in [7, 11) is 1.45. The van der Waals surface area contributed by atoms with Crippen molar-refractivity contribution in [1.29, 1.82) is 0 Å². The van der Waals surface area contributed by atoms with Gasteiger partial charge in [-0.3, -0.25) is 18.6 Å². The Bertz CT molecular complexity index is 1970. The van der Waals surface area contributed by atoms with Crippen molar-refractivity contribution >= 4 is 19.8 Å². The van der Waals surface area contributed by atoms with Crippen LogP contribution in [0.2, 0.25) is 0 Å². The minimum absolute atomic E-state index is 0.0199. The molecule has 0 aliphatic carbocycles. The fraction of sp³-hybridized carbons (Fsp3) is 0.732. The highest BCUT2D eigenvalue weighted by atomic mass is 31.2. The Balaban J connectivity index is 4.05. The molecule has 0 aromatic rings. The van der Waals surface area contributed by atoms with Crippen LogP contribution in [-0.2, 0) is 32.7 Å². The van der Waals surface area contributed by atoms with Crippen molar-refractivity contribution in [1.82, 2.24) is 0 Å². The summed E-state index contributed by atoms with van der Waals surface area (Å²) in [6, 6.07) is 0. The number of phosphoric ester groups is 1. The molecule has 0 aliphatic heterocycles. The third-order valence-electron chi connectivity index (χ3n) is 16.5. The lowest BCUT2D eigenvalue weighted by molar-refractivity contribution is -0.870. The van der Waals surface area contributed by atoms with E-state index in [2.05, 4.69) is 135 Å². The molecule has 0 fully saturated rings. The fourth-order valence-corrected chi connectivity index (χ4v) is 11.4. The van der Waals surface area contributed by atoms with Crippen molar-refractivity contribution in [2.45, 2.75) is 341 Å². The fourth-order valence-electron chi connectivity index (χ4n) is 10.7. The smallest absolute Gasteiger partial charge is 0.462 e. The maximum absolute atomic E-state index is 12.9. The van der Waals surface area contributed by atoms with Crippen LogP contribution in [0.1, 0.15) is 335 Å². The van der Waals surface area contributed by atoms with Gasteiger partial charge in [-0.25, -0.2) is 4.57 Å². The molecule has 0 aromatic heterocycles. The Labute approximate surface area is 568 Å². The van der Waals surface area contributed by atoms with Gasteiger partial charge < -0.3 is 18.9 Å². The number of carbonyl (C=O) groups excluding carboxylic acids is 2. The van der Waals surface area contributed by atoms with Crippen LogP contribution < -0.4 is 0 Å². The zero-order valence-corrected chi connectivity index (χ0v) is 61.4. The van der Waals surface area contributed by atoms with Crippen LogP contribution in [0, 0.1) is 0 Å². The molecular formula is C82H145NO8P+. The van der Waals surface area contributed by atoms with E-state index in [9.17, 15) is 19.0 Å². The van der Waals surface area contributed by atoms with Gasteiger partial charge in [0, 0.05) is 12.8 Å². The highest BCUT2D eigenvalue weighted by molar-refractivity contribution is 7.47. The number of phosphoric acid groups is 1. The number of ether oxygens (including phenoxy) is 2. The Kier molecular flexibility index (Phi) is 68.9. The molecule has 530 valence electrons. The number of quaternary nitrogens is 1. The molecule has 0 saturated carbocycles. The lowest BCUT2D eigenvalue weighted by Gasteiger charge is -2.24. The Hall–Kier alpha value is -3.59. The molecule has 0 radical (unpaired) electrons. The summed E-state index contributed by atoms with van der Waals surface area (Å²) in [6.07, 6.45) is 103. The summed E-state index contributed by atoms with van der Waals surface area (Å²) in [5.41, 5.74) is 0. The van der Waals surface area contributed by atoms with E-state index in [1.54, 1.807) is 0 Å². The van der Waals surface area contributed by atoms with Crippen LogP contribution in [0.15, 0.2) is 122 Å². The zero-order valence-electron chi connectivity index (χ0n) is 60.5. The van der Waals surface area contributed by atoms with E-state index in [0.717, 1.165) is 96.3 Å². The minimum Gasteiger partial charge on any atom is -0.462 e. The molecule has 0 bridgehead atoms. The third kappa shape index (κ3) is 75.4. The van der Waals surface area contributed by atoms with Crippen molar-refractivity contribution in [2.75, 3.05) is 47.5 Å². The number of esters is 2. The molecule has 2 unspecified atom stereocenters. The molecule has 0 aliphatic rings. The molecule has 9 nitrogen and oxygen atoms in total. The van der Waals surface area contributed by atoms with Crippen molar-refractivity contribution in [3.8, 4) is 0 Å². The number of nitrogens with zero attached hydrogens (tertiary/aromatic N) is 1. The predicted octanol–water partition coefficient (Wildman–Crippen LogP) is 25.4. The topological polar surface area (TPSA) is 108 Å². The second kappa shape index (κ2) is 71.7. The quantitative estimate of drug-likeness (QED) is 0.0211. The second-order valence-corrected chi connectivity index (χ2v) is 28.1. The van der Waals surface area contributed by atoms with Crippen LogP contribution in [0.25, 0.3) is 0 Å². The van der Waals surface area contributed by atoms with Gasteiger partial charge in [-0.1, -0.05) is 334 Å². The first kappa shape index (κ1) is 88.4. The molecule has 0 aromatic carbocycles. The van der Waals surface area contributed by atoms with E-state index in [4.69, 9.17) is 18.5 Å². The molecule has 92 heavy (non-hydrogen) atoms. The first-order valence-corrected chi connectivity index (χ1v) is 39.8. The molecule has 0 heterocycles. The van der Waals surface area contributed by atoms with Gasteiger partial charge in [0.25, 0.3) is 0 Å². The maximum Gasteiger partial charge on any atom is 0.472 e. The Morgan fingerprint density at radius 1 is 0.348 bits per heavy atom. The van der Waals surface area contributed by atoms with Crippen molar-refractivity contribution in [3.63, 3.8) is 0 Å². The van der Waals surface area contributed by atoms with Gasteiger partial charge in [-0.2, -0.15) is 0 Å². The maximum atomic E-state index is 12.9. The van der Waals surface area contributed by atoms with Crippen LogP contribution in [-0.4, -0.2) is 74.9 Å². The summed E-state index contributed by atoms with van der Waals surface area (Å²) in [5, 5.41) is 0. The molecule has 0 rings (SSSR count). The third-order valence-corrected chi connectivity index (χ3v) is 17.5. The van der Waals surface area contributed by atoms with Crippen molar-refractivity contribution in [3.05, 3.63) is 122 Å². The molecule has 10 heteroatoms. The molecular weight excluding hydrogens is 1160 g/mol. The first-order chi connectivity index (χ1) is 45.0. The SMILES string of the molecule is CC/C=C\C/C=C\C/C=C\C/C=C\C/C=C\C/C=C\C/C=C\C/C=C\C/C=C\CCCCCC(=O)OC(COC(=O)CCCCCCCCCCCCCCCCCCCCCCCCCCC/C=C\CCCCCCCCCC)COP(=O)(O)OCC[N+](C)(C)C. The van der Waals surface area contributed by atoms with Gasteiger partial charge in [0.1, 0.15) is 19.8 Å². The normalized spacial score (nSPS) is 13.8. The van der Waals surface area contributed by atoms with Crippen molar-refractivity contribution < 1.29 is 42.1 Å². The predicted molar refractivity (Wildman–Crippen MR) is 399 cm³/mol. The number of allylic oxidation sites excluding steroid dienone is 20. The molecule has 2 atom stereocenters. The van der Waals surface area contributed by atoms with Gasteiger partial charge in [0.15, 0.2) is 6.10 Å². The van der Waals surface area contributed by atoms with Crippen LogP contribution in [0.3, 0.4) is 0 Å². The lowest BCUT2D eigenvalue weighted by Crippen LogP contribution is -2.37. The van der Waals surface area contributed by atoms with E-state index >= 15 is 0 Å². The van der Waals surface area contributed by atoms with Crippen LogP contribution in [0.5, 0.6) is 0 Å². The first-order valence-electron chi connectivity index (χ1n) is 38.3. The average Bonchev–Trinajstić information content (AvgIpc) is 2.14. The Morgan fingerprint density at radius 3 is 0.946 bits per heavy atom. The van der Waals surface area contributed by atoms with Gasteiger partial charge in [-0.15, -0.1) is 0 Å². The number of carbonyl (C=O) groups is 2. The largest absolute Gasteiger partial charge is 0.472 e. The number of hydrogen-bond acceptors (Lipinski definition) is 7. The van der Waals surface area contributed by atoms with Gasteiger partial charge >= 0.3 is 19.8 Å². The van der Waals surface area contributed by atoms with Crippen LogP contribution in [0.4, 0.5) is 0 Å². The van der Waals surface area contributed by atoms with E-state index in [1.807, 2.05) is 21.1 Å². The monoisotopic (exact) mass is 1300 g/mol.